The zero-order chi connectivity index (χ0) is 26.8. The van der Waals surface area contributed by atoms with Crippen molar-refractivity contribution in [2.24, 2.45) is 0 Å². The Morgan fingerprint density at radius 3 is 2.46 bits per heavy atom. The molecule has 0 amide bonds. The van der Waals surface area contributed by atoms with E-state index in [1.165, 1.54) is 6.07 Å². The Balaban J connectivity index is 1.41. The van der Waals surface area contributed by atoms with Crippen LogP contribution in [-0.4, -0.2) is 30.9 Å². The molecule has 3 heterocycles. The number of aromatic nitrogens is 4. The highest BCUT2D eigenvalue weighted by Gasteiger charge is 2.18. The molecule has 0 atom stereocenters. The van der Waals surface area contributed by atoms with E-state index < -0.39 is 0 Å². The molecule has 0 aliphatic rings. The Morgan fingerprint density at radius 1 is 0.872 bits per heavy atom. The Bertz CT molecular complexity index is 1800. The lowest BCUT2D eigenvalue weighted by molar-refractivity contribution is 0.112. The number of rotatable bonds is 7. The number of hydrogen-bond acceptors (Lipinski definition) is 7. The number of imidazole rings is 1. The molecule has 0 unspecified atom stereocenters. The first kappa shape index (κ1) is 23.9. The second kappa shape index (κ2) is 10.1. The van der Waals surface area contributed by atoms with Gasteiger partial charge in [0.05, 0.1) is 16.8 Å². The zero-order valence-corrected chi connectivity index (χ0v) is 20.8. The Hall–Kier alpha value is -5.50. The summed E-state index contributed by atoms with van der Waals surface area (Å²) >= 11 is 0. The maximum atomic E-state index is 11.4. The van der Waals surface area contributed by atoms with Gasteiger partial charge in [-0.15, -0.1) is 0 Å². The number of anilines is 2. The molecule has 6 aromatic rings. The van der Waals surface area contributed by atoms with Crippen LogP contribution in [0.25, 0.3) is 39.5 Å². The molecule has 0 radical (unpaired) electrons. The molecule has 0 spiro atoms. The van der Waals surface area contributed by atoms with E-state index in [9.17, 15) is 9.90 Å². The van der Waals surface area contributed by atoms with Crippen molar-refractivity contribution in [1.82, 2.24) is 19.5 Å². The number of nitrogen functional groups attached to an aromatic ring is 1. The van der Waals surface area contributed by atoms with Gasteiger partial charge in [0.15, 0.2) is 17.8 Å². The molecule has 0 bridgehead atoms. The summed E-state index contributed by atoms with van der Waals surface area (Å²) in [5, 5.41) is 13.2. The predicted octanol–water partition coefficient (Wildman–Crippen LogP) is 5.86. The minimum Gasteiger partial charge on any atom is -0.507 e. The van der Waals surface area contributed by atoms with E-state index in [-0.39, 0.29) is 11.3 Å². The Labute approximate surface area is 224 Å². The number of carbonyl (C=O) groups is 1. The van der Waals surface area contributed by atoms with Gasteiger partial charge in [-0.1, -0.05) is 48.5 Å². The standard InChI is InChI=1S/C31H24N6O2/c32-29-23(8-5-17-33-29)30-36-27-16-15-25(21-6-2-1-3-7-21)35-31(27)37(30)22-13-11-20(12-14-22)18-34-26-9-4-10-28(39)24(26)19-38/h1-17,19,34,39H,18H2,(H2,32,33). The van der Waals surface area contributed by atoms with Gasteiger partial charge in [-0.05, 0) is 54.1 Å². The third kappa shape index (κ3) is 4.55. The van der Waals surface area contributed by atoms with Crippen molar-refractivity contribution in [3.63, 3.8) is 0 Å². The van der Waals surface area contributed by atoms with Gasteiger partial charge < -0.3 is 16.2 Å². The lowest BCUT2D eigenvalue weighted by Crippen LogP contribution is -2.04. The number of benzene rings is 3. The summed E-state index contributed by atoms with van der Waals surface area (Å²) in [6.07, 6.45) is 2.30. The average Bonchev–Trinajstić information content (AvgIpc) is 3.35. The van der Waals surface area contributed by atoms with Crippen LogP contribution in [0.4, 0.5) is 11.5 Å². The van der Waals surface area contributed by atoms with Crippen molar-refractivity contribution in [3.8, 4) is 34.1 Å². The fourth-order valence-corrected chi connectivity index (χ4v) is 4.55. The fourth-order valence-electron chi connectivity index (χ4n) is 4.55. The van der Waals surface area contributed by atoms with Crippen LogP contribution in [0.2, 0.25) is 0 Å². The molecule has 39 heavy (non-hydrogen) atoms. The van der Waals surface area contributed by atoms with Gasteiger partial charge in [0.1, 0.15) is 17.1 Å². The third-order valence-corrected chi connectivity index (χ3v) is 6.53. The number of aldehydes is 1. The number of fused-ring (bicyclic) bond motifs is 1. The SMILES string of the molecule is Nc1ncccc1-c1nc2ccc(-c3ccccc3)nc2n1-c1ccc(CNc2cccc(O)c2C=O)cc1. The summed E-state index contributed by atoms with van der Waals surface area (Å²) in [6.45, 7) is 0.466. The number of pyridine rings is 2. The summed E-state index contributed by atoms with van der Waals surface area (Å²) in [5.41, 5.74) is 12.9. The molecule has 3 aromatic heterocycles. The summed E-state index contributed by atoms with van der Waals surface area (Å²) < 4.78 is 1.99. The average molecular weight is 513 g/mol. The molecule has 6 rings (SSSR count). The van der Waals surface area contributed by atoms with Crippen LogP contribution >= 0.6 is 0 Å². The van der Waals surface area contributed by atoms with Crippen molar-refractivity contribution >= 4 is 29.0 Å². The third-order valence-electron chi connectivity index (χ3n) is 6.53. The normalized spacial score (nSPS) is 11.0. The number of nitrogens with two attached hydrogens (primary N) is 1. The van der Waals surface area contributed by atoms with Crippen LogP contribution in [0.3, 0.4) is 0 Å². The summed E-state index contributed by atoms with van der Waals surface area (Å²) in [4.78, 5) is 25.6. The molecule has 3 aromatic carbocycles. The first-order valence-corrected chi connectivity index (χ1v) is 12.4. The molecular weight excluding hydrogens is 488 g/mol. The smallest absolute Gasteiger partial charge is 0.165 e. The first-order valence-electron chi connectivity index (χ1n) is 12.4. The monoisotopic (exact) mass is 512 g/mol. The molecule has 0 saturated carbocycles. The van der Waals surface area contributed by atoms with Gasteiger partial charge in [0, 0.05) is 29.7 Å². The fraction of sp³-hybridized carbons (Fsp3) is 0.0323. The highest BCUT2D eigenvalue weighted by Crippen LogP contribution is 2.32. The largest absolute Gasteiger partial charge is 0.507 e. The summed E-state index contributed by atoms with van der Waals surface area (Å²) in [5.74, 6) is 0.978. The van der Waals surface area contributed by atoms with Crippen LogP contribution < -0.4 is 11.1 Å². The van der Waals surface area contributed by atoms with Crippen molar-refractivity contribution in [1.29, 1.82) is 0 Å². The van der Waals surface area contributed by atoms with E-state index >= 15 is 0 Å². The minimum atomic E-state index is -0.0538. The number of phenols is 1. The summed E-state index contributed by atoms with van der Waals surface area (Å²) in [6, 6.07) is 30.6. The lowest BCUT2D eigenvalue weighted by atomic mass is 10.1. The van der Waals surface area contributed by atoms with Crippen molar-refractivity contribution in [2.75, 3.05) is 11.1 Å². The van der Waals surface area contributed by atoms with Crippen molar-refractivity contribution < 1.29 is 9.90 Å². The Morgan fingerprint density at radius 2 is 1.69 bits per heavy atom. The maximum Gasteiger partial charge on any atom is 0.165 e. The topological polar surface area (TPSA) is 119 Å². The number of hydrogen-bond donors (Lipinski definition) is 3. The highest BCUT2D eigenvalue weighted by atomic mass is 16.3. The molecule has 8 heteroatoms. The number of nitrogens with zero attached hydrogens (tertiary/aromatic N) is 4. The molecule has 4 N–H and O–H groups in total. The molecule has 0 fully saturated rings. The van der Waals surface area contributed by atoms with Crippen LogP contribution in [0.1, 0.15) is 15.9 Å². The van der Waals surface area contributed by atoms with E-state index in [4.69, 9.17) is 15.7 Å². The first-order chi connectivity index (χ1) is 19.1. The van der Waals surface area contributed by atoms with E-state index in [0.717, 1.165) is 28.0 Å². The van der Waals surface area contributed by atoms with E-state index in [1.54, 1.807) is 18.3 Å². The molecular formula is C31H24N6O2. The number of aromatic hydroxyl groups is 1. The maximum absolute atomic E-state index is 11.4. The minimum absolute atomic E-state index is 0.0538. The van der Waals surface area contributed by atoms with Crippen LogP contribution in [0, 0.1) is 0 Å². The van der Waals surface area contributed by atoms with Crippen LogP contribution in [0.5, 0.6) is 5.75 Å². The quantitative estimate of drug-likeness (QED) is 0.229. The summed E-state index contributed by atoms with van der Waals surface area (Å²) in [7, 11) is 0. The van der Waals surface area contributed by atoms with Gasteiger partial charge in [-0.3, -0.25) is 9.36 Å². The number of nitrogens with one attached hydrogen (secondary N) is 1. The van der Waals surface area contributed by atoms with Gasteiger partial charge in [-0.25, -0.2) is 15.0 Å². The van der Waals surface area contributed by atoms with Gasteiger partial charge >= 0.3 is 0 Å². The van der Waals surface area contributed by atoms with Crippen LogP contribution in [-0.2, 0) is 6.54 Å². The van der Waals surface area contributed by atoms with Crippen molar-refractivity contribution in [3.05, 3.63) is 114 Å². The second-order valence-electron chi connectivity index (χ2n) is 8.99. The number of carbonyl (C=O) groups excluding carboxylic acids is 1. The molecule has 0 aliphatic carbocycles. The predicted molar refractivity (Wildman–Crippen MR) is 153 cm³/mol. The van der Waals surface area contributed by atoms with Gasteiger partial charge in [-0.2, -0.15) is 0 Å². The van der Waals surface area contributed by atoms with Gasteiger partial charge in [0.2, 0.25) is 0 Å². The second-order valence-corrected chi connectivity index (χ2v) is 8.99. The van der Waals surface area contributed by atoms with E-state index in [2.05, 4.69) is 10.3 Å². The highest BCUT2D eigenvalue weighted by molar-refractivity contribution is 5.88. The van der Waals surface area contributed by atoms with E-state index in [0.29, 0.717) is 41.4 Å². The Kier molecular flexibility index (Phi) is 6.18. The van der Waals surface area contributed by atoms with E-state index in [1.807, 2.05) is 83.4 Å². The zero-order valence-electron chi connectivity index (χ0n) is 20.8. The van der Waals surface area contributed by atoms with Gasteiger partial charge in [0.25, 0.3) is 0 Å². The lowest BCUT2D eigenvalue weighted by Gasteiger charge is -2.13. The molecule has 8 nitrogen and oxygen atoms in total. The molecule has 0 aliphatic heterocycles. The molecule has 190 valence electrons. The number of phenolic OH excluding ortho intramolecular Hbond substituents is 1. The molecule has 0 saturated heterocycles. The van der Waals surface area contributed by atoms with Crippen molar-refractivity contribution in [2.45, 2.75) is 6.54 Å². The van der Waals surface area contributed by atoms with Crippen LogP contribution in [0.15, 0.2) is 103 Å².